The molecule has 2 aromatic heterocycles. The number of anilines is 1. The van der Waals surface area contributed by atoms with Gasteiger partial charge in [-0.3, -0.25) is 9.59 Å². The summed E-state index contributed by atoms with van der Waals surface area (Å²) < 4.78 is 1.79. The lowest BCUT2D eigenvalue weighted by molar-refractivity contribution is -0.119. The van der Waals surface area contributed by atoms with Gasteiger partial charge in [-0.25, -0.2) is 9.67 Å². The maximum Gasteiger partial charge on any atom is 0.255 e. The second-order valence-electron chi connectivity index (χ2n) is 10.5. The summed E-state index contributed by atoms with van der Waals surface area (Å²) in [5.41, 5.74) is 4.41. The highest BCUT2D eigenvalue weighted by Gasteiger charge is 2.23. The number of hydrogen-bond donors (Lipinski definition) is 0. The molecule has 196 valence electrons. The van der Waals surface area contributed by atoms with Gasteiger partial charge in [0.15, 0.2) is 5.82 Å². The number of nitrogens with zero attached hydrogens (tertiary/aromatic N) is 5. The van der Waals surface area contributed by atoms with Crippen LogP contribution in [0.4, 0.5) is 5.69 Å². The molecule has 0 atom stereocenters. The molecule has 1 aliphatic heterocycles. The summed E-state index contributed by atoms with van der Waals surface area (Å²) in [7, 11) is 0. The zero-order chi connectivity index (χ0) is 26.4. The maximum atomic E-state index is 13.7. The number of pyridine rings is 1. The Hall–Kier alpha value is -3.48. The molecule has 0 spiro atoms. The second kappa shape index (κ2) is 12.2. The third kappa shape index (κ3) is 6.64. The van der Waals surface area contributed by atoms with Crippen LogP contribution in [0, 0.1) is 19.8 Å². The summed E-state index contributed by atoms with van der Waals surface area (Å²) >= 11 is 0. The molecule has 0 radical (unpaired) electrons. The van der Waals surface area contributed by atoms with Crippen LogP contribution in [-0.4, -0.2) is 44.6 Å². The third-order valence-electron chi connectivity index (χ3n) is 6.85. The van der Waals surface area contributed by atoms with E-state index in [4.69, 9.17) is 0 Å². The molecule has 0 saturated heterocycles. The van der Waals surface area contributed by atoms with E-state index < -0.39 is 0 Å². The summed E-state index contributed by atoms with van der Waals surface area (Å²) in [6.45, 7) is 9.95. The highest BCUT2D eigenvalue weighted by molar-refractivity contribution is 5.95. The highest BCUT2D eigenvalue weighted by Crippen LogP contribution is 2.26. The topological polar surface area (TPSA) is 71.3 Å². The van der Waals surface area contributed by atoms with Gasteiger partial charge in [0.05, 0.1) is 11.3 Å². The largest absolute Gasteiger partial charge is 0.334 e. The summed E-state index contributed by atoms with van der Waals surface area (Å²) in [6.07, 6.45) is 7.38. The Bertz CT molecular complexity index is 1210. The first-order chi connectivity index (χ1) is 17.8. The fourth-order valence-corrected chi connectivity index (χ4v) is 4.99. The molecule has 2 amide bonds. The normalized spacial score (nSPS) is 15.2. The number of rotatable bonds is 4. The molecule has 0 unspecified atom stereocenters. The summed E-state index contributed by atoms with van der Waals surface area (Å²) in [4.78, 5) is 35.3. The van der Waals surface area contributed by atoms with Crippen molar-refractivity contribution in [3.63, 3.8) is 0 Å². The molecule has 0 aliphatic carbocycles. The Labute approximate surface area is 220 Å². The van der Waals surface area contributed by atoms with Crippen molar-refractivity contribution in [2.45, 2.75) is 72.8 Å². The molecule has 1 aliphatic rings. The number of aryl methyl sites for hydroxylation is 2. The van der Waals surface area contributed by atoms with E-state index in [1.807, 2.05) is 66.1 Å². The van der Waals surface area contributed by atoms with E-state index in [9.17, 15) is 9.59 Å². The van der Waals surface area contributed by atoms with E-state index in [1.54, 1.807) is 10.9 Å². The average Bonchev–Trinajstić information content (AvgIpc) is 3.21. The summed E-state index contributed by atoms with van der Waals surface area (Å²) in [5, 5.41) is 4.49. The molecule has 0 saturated carbocycles. The van der Waals surface area contributed by atoms with Crippen LogP contribution in [0.15, 0.2) is 48.7 Å². The number of fused-ring (bicyclic) bond motifs is 1. The van der Waals surface area contributed by atoms with Crippen LogP contribution in [0.1, 0.15) is 79.7 Å². The van der Waals surface area contributed by atoms with Crippen LogP contribution in [0.25, 0.3) is 5.82 Å². The minimum Gasteiger partial charge on any atom is -0.334 e. The summed E-state index contributed by atoms with van der Waals surface area (Å²) in [6, 6.07) is 13.7. The predicted molar refractivity (Wildman–Crippen MR) is 147 cm³/mol. The van der Waals surface area contributed by atoms with E-state index >= 15 is 0 Å². The van der Waals surface area contributed by atoms with Gasteiger partial charge in [0.1, 0.15) is 0 Å². The number of amides is 2. The third-order valence-corrected chi connectivity index (χ3v) is 6.85. The van der Waals surface area contributed by atoms with Crippen LogP contribution < -0.4 is 4.90 Å². The number of para-hydroxylation sites is 1. The molecule has 0 fully saturated rings. The van der Waals surface area contributed by atoms with Crippen LogP contribution in [-0.2, 0) is 11.3 Å². The zero-order valence-electron chi connectivity index (χ0n) is 22.6. The maximum absolute atomic E-state index is 13.7. The van der Waals surface area contributed by atoms with Gasteiger partial charge in [-0.1, -0.05) is 51.3 Å². The molecule has 3 aromatic rings. The van der Waals surface area contributed by atoms with Gasteiger partial charge in [-0.05, 0) is 62.4 Å². The van der Waals surface area contributed by atoms with Crippen molar-refractivity contribution >= 4 is 17.5 Å². The lowest BCUT2D eigenvalue weighted by Gasteiger charge is -2.30. The minimum atomic E-state index is -0.0423. The summed E-state index contributed by atoms with van der Waals surface area (Å²) in [5.74, 6) is 1.10. The molecule has 7 heteroatoms. The van der Waals surface area contributed by atoms with Crippen LogP contribution in [0.3, 0.4) is 0 Å². The Balaban J connectivity index is 1.61. The number of aromatic nitrogens is 3. The first-order valence-electron chi connectivity index (χ1n) is 13.5. The zero-order valence-corrected chi connectivity index (χ0v) is 22.6. The van der Waals surface area contributed by atoms with Gasteiger partial charge in [-0.15, -0.1) is 0 Å². The molecule has 4 rings (SSSR count). The average molecular weight is 502 g/mol. The van der Waals surface area contributed by atoms with Gasteiger partial charge in [0, 0.05) is 43.6 Å². The molecule has 0 bridgehead atoms. The molecule has 1 aromatic carbocycles. The van der Waals surface area contributed by atoms with Crippen LogP contribution in [0.2, 0.25) is 0 Å². The number of carbonyl (C=O) groups excluding carboxylic acids is 2. The molecular weight excluding hydrogens is 462 g/mol. The molecule has 37 heavy (non-hydrogen) atoms. The van der Waals surface area contributed by atoms with Crippen molar-refractivity contribution in [3.8, 4) is 5.82 Å². The SMILES string of the molecule is Cc1cc(C)n(-c2ccc(C(=O)N3CCCCCCCN(C(=O)CC(C)C)c4ccccc4C3)cn2)n1. The van der Waals surface area contributed by atoms with Gasteiger partial charge in [-0.2, -0.15) is 5.10 Å². The van der Waals surface area contributed by atoms with Crippen molar-refractivity contribution in [1.29, 1.82) is 0 Å². The van der Waals surface area contributed by atoms with Gasteiger partial charge in [0.25, 0.3) is 5.91 Å². The monoisotopic (exact) mass is 501 g/mol. The van der Waals surface area contributed by atoms with Crippen LogP contribution in [0.5, 0.6) is 0 Å². The van der Waals surface area contributed by atoms with Crippen molar-refractivity contribution < 1.29 is 9.59 Å². The molecular formula is C30H39N5O2. The van der Waals surface area contributed by atoms with Crippen LogP contribution >= 0.6 is 0 Å². The minimum absolute atomic E-state index is 0.0423. The van der Waals surface area contributed by atoms with Crippen molar-refractivity contribution in [2.24, 2.45) is 5.92 Å². The molecule has 3 heterocycles. The standard InChI is InChI=1S/C30H39N5O2/c1-22(2)18-29(36)34-17-11-7-5-6-10-16-33(21-26-12-8-9-13-27(26)34)30(37)25-14-15-28(31-20-25)35-24(4)19-23(3)32-35/h8-9,12-15,19-20,22H,5-7,10-11,16-18,21H2,1-4H3. The number of hydrogen-bond acceptors (Lipinski definition) is 4. The van der Waals surface area contributed by atoms with Crippen molar-refractivity contribution in [2.75, 3.05) is 18.0 Å². The van der Waals surface area contributed by atoms with E-state index in [0.29, 0.717) is 43.4 Å². The van der Waals surface area contributed by atoms with E-state index in [-0.39, 0.29) is 11.8 Å². The first kappa shape index (κ1) is 26.6. The Morgan fingerprint density at radius 2 is 1.68 bits per heavy atom. The molecule has 7 nitrogen and oxygen atoms in total. The first-order valence-corrected chi connectivity index (χ1v) is 13.5. The van der Waals surface area contributed by atoms with Crippen molar-refractivity contribution in [1.82, 2.24) is 19.7 Å². The number of carbonyl (C=O) groups is 2. The second-order valence-corrected chi connectivity index (χ2v) is 10.5. The predicted octanol–water partition coefficient (Wildman–Crippen LogP) is 5.87. The highest BCUT2D eigenvalue weighted by atomic mass is 16.2. The quantitative estimate of drug-likeness (QED) is 0.448. The Kier molecular flexibility index (Phi) is 8.74. The van der Waals surface area contributed by atoms with E-state index in [2.05, 4.69) is 23.9 Å². The van der Waals surface area contributed by atoms with Gasteiger partial charge in [0.2, 0.25) is 5.91 Å². The lowest BCUT2D eigenvalue weighted by Crippen LogP contribution is -2.36. The van der Waals surface area contributed by atoms with Gasteiger partial charge >= 0.3 is 0 Å². The fourth-order valence-electron chi connectivity index (χ4n) is 4.99. The van der Waals surface area contributed by atoms with E-state index in [1.165, 1.54) is 0 Å². The molecule has 0 N–H and O–H groups in total. The smallest absolute Gasteiger partial charge is 0.255 e. The van der Waals surface area contributed by atoms with Gasteiger partial charge < -0.3 is 9.80 Å². The lowest BCUT2D eigenvalue weighted by atomic mass is 10.0. The van der Waals surface area contributed by atoms with E-state index in [0.717, 1.165) is 54.7 Å². The van der Waals surface area contributed by atoms with Crippen molar-refractivity contribution in [3.05, 3.63) is 71.2 Å². The fraction of sp³-hybridized carbons (Fsp3) is 0.467. The Morgan fingerprint density at radius 1 is 0.946 bits per heavy atom. The number of benzene rings is 1. The Morgan fingerprint density at radius 3 is 2.35 bits per heavy atom.